The van der Waals surface area contributed by atoms with Gasteiger partial charge in [0.1, 0.15) is 5.82 Å². The van der Waals surface area contributed by atoms with E-state index in [1.807, 2.05) is 30.3 Å². The smallest absolute Gasteiger partial charge is 0.330 e. The SMILES string of the molecule is Nc1c(N(CCC2=CCCCC2)C(=O)Cc2ccc(Cl)cc2)c(=O)[nH]c(=O)n1Cc1ccccc1. The van der Waals surface area contributed by atoms with E-state index in [4.69, 9.17) is 17.3 Å². The number of benzene rings is 2. The Morgan fingerprint density at radius 1 is 1.03 bits per heavy atom. The maximum atomic E-state index is 13.5. The van der Waals surface area contributed by atoms with Crippen molar-refractivity contribution in [2.45, 2.75) is 45.1 Å². The van der Waals surface area contributed by atoms with E-state index in [9.17, 15) is 14.4 Å². The zero-order valence-corrected chi connectivity index (χ0v) is 20.3. The van der Waals surface area contributed by atoms with Crippen LogP contribution in [0.1, 0.15) is 43.2 Å². The number of carbonyl (C=O) groups is 1. The van der Waals surface area contributed by atoms with Crippen LogP contribution in [0.5, 0.6) is 0 Å². The van der Waals surface area contributed by atoms with Crippen molar-refractivity contribution in [1.29, 1.82) is 0 Å². The molecule has 35 heavy (non-hydrogen) atoms. The summed E-state index contributed by atoms with van der Waals surface area (Å²) in [6.07, 6.45) is 7.23. The molecule has 0 saturated heterocycles. The molecule has 0 radical (unpaired) electrons. The Hall–Kier alpha value is -3.58. The molecule has 7 nitrogen and oxygen atoms in total. The third-order valence-corrected chi connectivity index (χ3v) is 6.53. The number of anilines is 2. The molecular weight excluding hydrogens is 464 g/mol. The molecule has 3 N–H and O–H groups in total. The second kappa shape index (κ2) is 11.2. The average Bonchev–Trinajstić information content (AvgIpc) is 2.86. The van der Waals surface area contributed by atoms with E-state index in [1.165, 1.54) is 21.5 Å². The maximum Gasteiger partial charge on any atom is 0.330 e. The number of hydrogen-bond donors (Lipinski definition) is 2. The van der Waals surface area contributed by atoms with Crippen molar-refractivity contribution >= 4 is 29.0 Å². The number of rotatable bonds is 8. The van der Waals surface area contributed by atoms with E-state index >= 15 is 0 Å². The summed E-state index contributed by atoms with van der Waals surface area (Å²) in [5.74, 6) is -0.296. The lowest BCUT2D eigenvalue weighted by molar-refractivity contribution is -0.118. The molecule has 0 atom stereocenters. The first-order valence-corrected chi connectivity index (χ1v) is 12.2. The highest BCUT2D eigenvalue weighted by Gasteiger charge is 2.25. The van der Waals surface area contributed by atoms with Gasteiger partial charge < -0.3 is 10.6 Å². The van der Waals surface area contributed by atoms with Crippen LogP contribution >= 0.6 is 11.6 Å². The monoisotopic (exact) mass is 492 g/mol. The van der Waals surface area contributed by atoms with Gasteiger partial charge in [-0.2, -0.15) is 0 Å². The Bertz CT molecular complexity index is 1330. The van der Waals surface area contributed by atoms with Crippen LogP contribution in [0.2, 0.25) is 5.02 Å². The highest BCUT2D eigenvalue weighted by atomic mass is 35.5. The standard InChI is InChI=1S/C27H29ClN4O3/c28-22-13-11-20(12-14-22)17-23(33)31(16-15-19-7-3-1-4-8-19)24-25(29)32(27(35)30-26(24)34)18-21-9-5-2-6-10-21/h2,5-7,9-14H,1,3-4,8,15-18,29H2,(H,30,34,35). The third-order valence-electron chi connectivity index (χ3n) is 6.28. The van der Waals surface area contributed by atoms with Gasteiger partial charge in [-0.05, 0) is 55.4 Å². The largest absolute Gasteiger partial charge is 0.383 e. The number of aromatic nitrogens is 2. The molecule has 0 aliphatic heterocycles. The molecule has 1 amide bonds. The number of H-pyrrole nitrogens is 1. The van der Waals surface area contributed by atoms with Gasteiger partial charge in [0.05, 0.1) is 13.0 Å². The number of nitrogen functional groups attached to an aromatic ring is 1. The first-order chi connectivity index (χ1) is 16.9. The summed E-state index contributed by atoms with van der Waals surface area (Å²) in [6, 6.07) is 16.4. The van der Waals surface area contributed by atoms with E-state index in [0.717, 1.165) is 30.4 Å². The van der Waals surface area contributed by atoms with Crippen molar-refractivity contribution in [2.75, 3.05) is 17.2 Å². The second-order valence-electron chi connectivity index (χ2n) is 8.77. The number of carbonyl (C=O) groups excluding carboxylic acids is 1. The second-order valence-corrected chi connectivity index (χ2v) is 9.21. The van der Waals surface area contributed by atoms with Crippen LogP contribution in [-0.4, -0.2) is 22.0 Å². The zero-order valence-electron chi connectivity index (χ0n) is 19.5. The number of aromatic amines is 1. The molecule has 1 aromatic heterocycles. The fourth-order valence-corrected chi connectivity index (χ4v) is 4.51. The molecule has 3 aromatic rings. The fourth-order valence-electron chi connectivity index (χ4n) is 4.38. The Kier molecular flexibility index (Phi) is 7.87. The van der Waals surface area contributed by atoms with Crippen molar-refractivity contribution in [2.24, 2.45) is 0 Å². The van der Waals surface area contributed by atoms with Gasteiger partial charge in [0, 0.05) is 11.6 Å². The van der Waals surface area contributed by atoms with E-state index in [-0.39, 0.29) is 30.4 Å². The summed E-state index contributed by atoms with van der Waals surface area (Å²) in [5.41, 5.74) is 8.04. The number of halogens is 1. The molecule has 182 valence electrons. The highest BCUT2D eigenvalue weighted by molar-refractivity contribution is 6.30. The van der Waals surface area contributed by atoms with Gasteiger partial charge in [-0.25, -0.2) is 4.79 Å². The summed E-state index contributed by atoms with van der Waals surface area (Å²) in [5, 5.41) is 0.580. The number of allylic oxidation sites excluding steroid dienone is 1. The Morgan fingerprint density at radius 2 is 1.77 bits per heavy atom. The third kappa shape index (κ3) is 6.11. The number of nitrogens with one attached hydrogen (secondary N) is 1. The summed E-state index contributed by atoms with van der Waals surface area (Å²) in [6.45, 7) is 0.481. The molecule has 0 bridgehead atoms. The van der Waals surface area contributed by atoms with Crippen LogP contribution in [0.4, 0.5) is 11.5 Å². The van der Waals surface area contributed by atoms with Crippen LogP contribution in [0.25, 0.3) is 0 Å². The summed E-state index contributed by atoms with van der Waals surface area (Å²) in [4.78, 5) is 42.9. The summed E-state index contributed by atoms with van der Waals surface area (Å²) >= 11 is 5.99. The minimum absolute atomic E-state index is 0.0101. The van der Waals surface area contributed by atoms with Crippen molar-refractivity contribution in [3.8, 4) is 0 Å². The molecule has 1 aliphatic rings. The first-order valence-electron chi connectivity index (χ1n) is 11.8. The fraction of sp³-hybridized carbons (Fsp3) is 0.296. The van der Waals surface area contributed by atoms with E-state index in [2.05, 4.69) is 11.1 Å². The van der Waals surface area contributed by atoms with Gasteiger partial charge in [-0.1, -0.05) is 65.7 Å². The van der Waals surface area contributed by atoms with Crippen molar-refractivity contribution in [3.05, 3.63) is 103 Å². The molecule has 4 rings (SSSR count). The molecule has 0 saturated carbocycles. The number of amides is 1. The number of nitrogens with zero attached hydrogens (tertiary/aromatic N) is 2. The molecule has 1 heterocycles. The average molecular weight is 493 g/mol. The topological polar surface area (TPSA) is 101 Å². The summed E-state index contributed by atoms with van der Waals surface area (Å²) in [7, 11) is 0. The van der Waals surface area contributed by atoms with Crippen molar-refractivity contribution in [3.63, 3.8) is 0 Å². The van der Waals surface area contributed by atoms with Crippen molar-refractivity contribution < 1.29 is 4.79 Å². The maximum absolute atomic E-state index is 13.5. The predicted octanol–water partition coefficient (Wildman–Crippen LogP) is 4.29. The molecule has 0 spiro atoms. The van der Waals surface area contributed by atoms with Gasteiger partial charge in [0.2, 0.25) is 5.91 Å². The normalized spacial score (nSPS) is 13.3. The van der Waals surface area contributed by atoms with E-state index in [0.29, 0.717) is 18.0 Å². The van der Waals surface area contributed by atoms with Gasteiger partial charge in [-0.15, -0.1) is 0 Å². The molecule has 8 heteroatoms. The van der Waals surface area contributed by atoms with Gasteiger partial charge in [-0.3, -0.25) is 19.1 Å². The minimum atomic E-state index is -0.668. The lowest BCUT2D eigenvalue weighted by atomic mass is 9.97. The van der Waals surface area contributed by atoms with Crippen LogP contribution in [0.3, 0.4) is 0 Å². The quantitative estimate of drug-likeness (QED) is 0.458. The number of nitrogens with two attached hydrogens (primary N) is 1. The molecule has 0 unspecified atom stereocenters. The van der Waals surface area contributed by atoms with Crippen LogP contribution in [-0.2, 0) is 17.8 Å². The first kappa shape index (κ1) is 24.5. The van der Waals surface area contributed by atoms with Gasteiger partial charge in [0.15, 0.2) is 5.69 Å². The van der Waals surface area contributed by atoms with E-state index in [1.54, 1.807) is 24.3 Å². The van der Waals surface area contributed by atoms with Crippen molar-refractivity contribution in [1.82, 2.24) is 9.55 Å². The minimum Gasteiger partial charge on any atom is -0.383 e. The van der Waals surface area contributed by atoms with Crippen LogP contribution < -0.4 is 21.9 Å². The summed E-state index contributed by atoms with van der Waals surface area (Å²) < 4.78 is 1.30. The molecule has 1 aliphatic carbocycles. The lowest BCUT2D eigenvalue weighted by Crippen LogP contribution is -2.42. The Balaban J connectivity index is 1.70. The molecular formula is C27H29ClN4O3. The predicted molar refractivity (Wildman–Crippen MR) is 140 cm³/mol. The van der Waals surface area contributed by atoms with Gasteiger partial charge >= 0.3 is 5.69 Å². The molecule has 0 fully saturated rings. The number of hydrogen-bond acceptors (Lipinski definition) is 4. The Morgan fingerprint density at radius 3 is 2.46 bits per heavy atom. The van der Waals surface area contributed by atoms with Gasteiger partial charge in [0.25, 0.3) is 5.56 Å². The molecule has 2 aromatic carbocycles. The lowest BCUT2D eigenvalue weighted by Gasteiger charge is -2.26. The van der Waals surface area contributed by atoms with Crippen LogP contribution in [0, 0.1) is 0 Å². The zero-order chi connectivity index (χ0) is 24.8. The highest BCUT2D eigenvalue weighted by Crippen LogP contribution is 2.24. The Labute approximate surface area is 208 Å². The van der Waals surface area contributed by atoms with E-state index < -0.39 is 11.2 Å². The van der Waals surface area contributed by atoms with Crippen LogP contribution in [0.15, 0.2) is 75.8 Å².